The van der Waals surface area contributed by atoms with Crippen LogP contribution in [0.1, 0.15) is 60.8 Å². The lowest BCUT2D eigenvalue weighted by molar-refractivity contribution is -0.149. The zero-order valence-corrected chi connectivity index (χ0v) is 20.7. The summed E-state index contributed by atoms with van der Waals surface area (Å²) >= 11 is 0. The topological polar surface area (TPSA) is 105 Å². The monoisotopic (exact) mass is 474 g/mol. The van der Waals surface area contributed by atoms with Crippen molar-refractivity contribution in [1.29, 1.82) is 0 Å². The molecule has 0 aromatic rings. The maximum atomic E-state index is 12.4. The van der Waals surface area contributed by atoms with Gasteiger partial charge in [0.25, 0.3) is 0 Å². The largest absolute Gasteiger partial charge is 0.461 e. The number of fused-ring (bicyclic) bond motifs is 1. The lowest BCUT2D eigenvalue weighted by Crippen LogP contribution is -2.33. The normalized spacial score (nSPS) is 32.9. The second kappa shape index (κ2) is 11.8. The number of hydrogen-bond acceptors (Lipinski definition) is 8. The van der Waals surface area contributed by atoms with E-state index in [-0.39, 0.29) is 5.57 Å². The smallest absolute Gasteiger partial charge is 0.334 e. The minimum atomic E-state index is -0.705. The van der Waals surface area contributed by atoms with E-state index in [1.165, 1.54) is 20.8 Å². The van der Waals surface area contributed by atoms with E-state index in [2.05, 4.69) is 6.58 Å². The van der Waals surface area contributed by atoms with Crippen molar-refractivity contribution in [2.45, 2.75) is 85.2 Å². The Morgan fingerprint density at radius 2 is 1.24 bits per heavy atom. The van der Waals surface area contributed by atoms with E-state index in [0.717, 1.165) is 16.7 Å². The second-order valence-electron chi connectivity index (χ2n) is 9.02. The fraction of sp³-hybridized carbons (Fsp3) is 0.538. The molecule has 1 aliphatic heterocycles. The van der Waals surface area contributed by atoms with Gasteiger partial charge in [0.05, 0.1) is 5.92 Å². The van der Waals surface area contributed by atoms with Crippen LogP contribution in [-0.4, -0.2) is 48.3 Å². The van der Waals surface area contributed by atoms with Gasteiger partial charge in [0.15, 0.2) is 0 Å². The Labute approximate surface area is 200 Å². The van der Waals surface area contributed by atoms with Gasteiger partial charge in [-0.1, -0.05) is 23.3 Å². The third-order valence-corrected chi connectivity index (χ3v) is 5.57. The van der Waals surface area contributed by atoms with Gasteiger partial charge in [0.1, 0.15) is 24.4 Å². The fourth-order valence-corrected chi connectivity index (χ4v) is 4.40. The van der Waals surface area contributed by atoms with Crippen LogP contribution in [0.3, 0.4) is 0 Å². The molecule has 0 radical (unpaired) electrons. The number of esters is 4. The van der Waals surface area contributed by atoms with Gasteiger partial charge in [-0.15, -0.1) is 0 Å². The standard InChI is InChI=1S/C26H34O8/c1-14-8-21(31-18(5)27)10-15(2)12-23(33-20(7)29)25-17(4)26(30)34-24(25)13-16(3)11-22(9-14)32-19(6)28/h9-10,13,21-25H,4,8,11-12H2,1-3,5-7H3/b14-9+,15-10+,16-13+/t21-,22+,23-,24-,25-/m0/s1. The zero-order chi connectivity index (χ0) is 25.6. The highest BCUT2D eigenvalue weighted by molar-refractivity contribution is 5.91. The van der Waals surface area contributed by atoms with Crippen molar-refractivity contribution in [3.8, 4) is 0 Å². The Balaban J connectivity index is 2.58. The molecule has 1 saturated heterocycles. The molecule has 0 aromatic heterocycles. The van der Waals surface area contributed by atoms with Crippen LogP contribution in [0.15, 0.2) is 47.1 Å². The summed E-state index contributed by atoms with van der Waals surface area (Å²) in [6.45, 7) is 13.4. The van der Waals surface area contributed by atoms with Crippen LogP contribution >= 0.6 is 0 Å². The zero-order valence-electron chi connectivity index (χ0n) is 20.7. The third-order valence-electron chi connectivity index (χ3n) is 5.57. The number of carbonyl (C=O) groups is 4. The molecule has 8 nitrogen and oxygen atoms in total. The van der Waals surface area contributed by atoms with E-state index >= 15 is 0 Å². The van der Waals surface area contributed by atoms with Crippen LogP contribution < -0.4 is 0 Å². The number of rotatable bonds is 3. The molecule has 8 heteroatoms. The minimum absolute atomic E-state index is 0.226. The molecule has 2 aliphatic rings. The number of carbonyl (C=O) groups excluding carboxylic acids is 4. The molecule has 0 amide bonds. The summed E-state index contributed by atoms with van der Waals surface area (Å²) in [7, 11) is 0. The van der Waals surface area contributed by atoms with Gasteiger partial charge in [-0.2, -0.15) is 0 Å². The fourth-order valence-electron chi connectivity index (χ4n) is 4.40. The Morgan fingerprint density at radius 1 is 0.794 bits per heavy atom. The minimum Gasteiger partial charge on any atom is -0.461 e. The van der Waals surface area contributed by atoms with E-state index in [1.807, 2.05) is 26.8 Å². The first-order valence-corrected chi connectivity index (χ1v) is 11.3. The Hall–Kier alpha value is -3.16. The van der Waals surface area contributed by atoms with Gasteiger partial charge in [0.2, 0.25) is 0 Å². The van der Waals surface area contributed by atoms with Crippen molar-refractivity contribution in [1.82, 2.24) is 0 Å². The number of hydrogen-bond donors (Lipinski definition) is 0. The summed E-state index contributed by atoms with van der Waals surface area (Å²) < 4.78 is 22.1. The quantitative estimate of drug-likeness (QED) is 0.262. The molecule has 2 rings (SSSR count). The van der Waals surface area contributed by atoms with Gasteiger partial charge in [0, 0.05) is 45.6 Å². The average molecular weight is 475 g/mol. The van der Waals surface area contributed by atoms with Crippen molar-refractivity contribution in [2.75, 3.05) is 0 Å². The predicted octanol–water partition coefficient (Wildman–Crippen LogP) is 3.90. The van der Waals surface area contributed by atoms with Gasteiger partial charge in [-0.05, 0) is 39.0 Å². The van der Waals surface area contributed by atoms with Crippen molar-refractivity contribution in [3.63, 3.8) is 0 Å². The van der Waals surface area contributed by atoms with E-state index < -0.39 is 54.2 Å². The Morgan fingerprint density at radius 3 is 1.71 bits per heavy atom. The second-order valence-corrected chi connectivity index (χ2v) is 9.02. The van der Waals surface area contributed by atoms with Crippen LogP contribution in [0.25, 0.3) is 0 Å². The third kappa shape index (κ3) is 8.01. The molecule has 0 bridgehead atoms. The average Bonchev–Trinajstić information content (AvgIpc) is 2.91. The van der Waals surface area contributed by atoms with Gasteiger partial charge in [-0.25, -0.2) is 4.79 Å². The highest BCUT2D eigenvalue weighted by Crippen LogP contribution is 2.36. The molecule has 186 valence electrons. The van der Waals surface area contributed by atoms with Crippen LogP contribution in [0, 0.1) is 5.92 Å². The van der Waals surface area contributed by atoms with Crippen LogP contribution in [0.2, 0.25) is 0 Å². The summed E-state index contributed by atoms with van der Waals surface area (Å²) in [4.78, 5) is 47.7. The molecule has 1 fully saturated rings. The first kappa shape index (κ1) is 27.1. The maximum Gasteiger partial charge on any atom is 0.334 e. The van der Waals surface area contributed by atoms with Crippen LogP contribution in [0.4, 0.5) is 0 Å². The first-order valence-electron chi connectivity index (χ1n) is 11.3. The molecular formula is C26H34O8. The SMILES string of the molecule is C=C1C(=O)O[C@H]2/C=C(\C)C[C@H](OC(C)=O)/C=C(\C)C[C@H](OC(C)=O)/C=C(\C)C[C@H](OC(C)=O)[C@H]12. The van der Waals surface area contributed by atoms with E-state index in [4.69, 9.17) is 18.9 Å². The Bertz CT molecular complexity index is 938. The molecule has 34 heavy (non-hydrogen) atoms. The molecular weight excluding hydrogens is 440 g/mol. The van der Waals surface area contributed by atoms with Crippen LogP contribution in [-0.2, 0) is 38.1 Å². The summed E-state index contributed by atoms with van der Waals surface area (Å²) in [6.07, 6.45) is 4.00. The van der Waals surface area contributed by atoms with Crippen molar-refractivity contribution < 1.29 is 38.1 Å². The summed E-state index contributed by atoms with van der Waals surface area (Å²) in [6, 6.07) is 0. The molecule has 0 aromatic carbocycles. The summed E-state index contributed by atoms with van der Waals surface area (Å²) in [5, 5.41) is 0. The molecule has 0 N–H and O–H groups in total. The lowest BCUT2D eigenvalue weighted by Gasteiger charge is -2.27. The van der Waals surface area contributed by atoms with Gasteiger partial charge >= 0.3 is 23.9 Å². The molecule has 0 saturated carbocycles. The van der Waals surface area contributed by atoms with E-state index in [1.54, 1.807) is 12.2 Å². The molecule has 5 atom stereocenters. The van der Waals surface area contributed by atoms with Crippen LogP contribution in [0.5, 0.6) is 0 Å². The van der Waals surface area contributed by atoms with Gasteiger partial charge in [-0.3, -0.25) is 14.4 Å². The Kier molecular flexibility index (Phi) is 9.41. The lowest BCUT2D eigenvalue weighted by atomic mass is 9.86. The van der Waals surface area contributed by atoms with E-state index in [9.17, 15) is 19.2 Å². The van der Waals surface area contributed by atoms with Crippen molar-refractivity contribution >= 4 is 23.9 Å². The molecule has 1 aliphatic carbocycles. The molecule has 0 unspecified atom stereocenters. The van der Waals surface area contributed by atoms with Gasteiger partial charge < -0.3 is 18.9 Å². The highest BCUT2D eigenvalue weighted by atomic mass is 16.6. The number of ether oxygens (including phenoxy) is 4. The first-order chi connectivity index (χ1) is 15.8. The summed E-state index contributed by atoms with van der Waals surface area (Å²) in [5.74, 6) is -2.49. The highest BCUT2D eigenvalue weighted by Gasteiger charge is 2.44. The van der Waals surface area contributed by atoms with Crippen molar-refractivity contribution in [2.24, 2.45) is 5.92 Å². The molecule has 1 heterocycles. The van der Waals surface area contributed by atoms with Crippen molar-refractivity contribution in [3.05, 3.63) is 47.1 Å². The molecule has 0 spiro atoms. The summed E-state index contributed by atoms with van der Waals surface area (Å²) in [5.41, 5.74) is 2.74. The maximum absolute atomic E-state index is 12.4. The van der Waals surface area contributed by atoms with E-state index in [0.29, 0.717) is 19.3 Å². The predicted molar refractivity (Wildman–Crippen MR) is 124 cm³/mol.